The van der Waals surface area contributed by atoms with Crippen LogP contribution in [0.3, 0.4) is 0 Å². The molecule has 1 heterocycles. The van der Waals surface area contributed by atoms with Crippen molar-refractivity contribution in [3.63, 3.8) is 0 Å². The second-order valence-electron chi connectivity index (χ2n) is 5.08. The van der Waals surface area contributed by atoms with E-state index in [-0.39, 0.29) is 6.10 Å². The molecule has 0 saturated carbocycles. The van der Waals surface area contributed by atoms with Gasteiger partial charge in [0.15, 0.2) is 0 Å². The molecule has 4 unspecified atom stereocenters. The van der Waals surface area contributed by atoms with E-state index in [4.69, 9.17) is 0 Å². The molecule has 90 valence electrons. The number of hydrogen-bond acceptors (Lipinski definition) is 3. The number of hydrogen-bond donors (Lipinski definition) is 2. The van der Waals surface area contributed by atoms with Crippen LogP contribution in [0.1, 0.15) is 33.6 Å². The lowest BCUT2D eigenvalue weighted by Gasteiger charge is -2.40. The standard InChI is InChI=1S/C12H26N2O/c1-5-11(15)7-13-12-6-10(3)14(4)8-9(12)2/h9-13,15H,5-8H2,1-4H3. The Kier molecular flexibility index (Phi) is 5.03. The molecule has 15 heavy (non-hydrogen) atoms. The number of aliphatic hydroxyl groups is 1. The molecule has 0 aliphatic carbocycles. The third kappa shape index (κ3) is 3.74. The van der Waals surface area contributed by atoms with Gasteiger partial charge in [-0.15, -0.1) is 0 Å². The summed E-state index contributed by atoms with van der Waals surface area (Å²) in [6.07, 6.45) is 1.84. The van der Waals surface area contributed by atoms with Crippen LogP contribution in [0, 0.1) is 5.92 Å². The minimum atomic E-state index is -0.188. The third-order valence-electron chi connectivity index (χ3n) is 3.70. The summed E-state index contributed by atoms with van der Waals surface area (Å²) in [6, 6.07) is 1.22. The predicted octanol–water partition coefficient (Wildman–Crippen LogP) is 1.08. The molecular weight excluding hydrogens is 188 g/mol. The molecule has 3 heteroatoms. The van der Waals surface area contributed by atoms with E-state index in [0.29, 0.717) is 18.0 Å². The highest BCUT2D eigenvalue weighted by atomic mass is 16.3. The van der Waals surface area contributed by atoms with Crippen LogP contribution in [0.25, 0.3) is 0 Å². The average molecular weight is 214 g/mol. The summed E-state index contributed by atoms with van der Waals surface area (Å²) >= 11 is 0. The lowest BCUT2D eigenvalue weighted by atomic mass is 9.90. The van der Waals surface area contributed by atoms with Crippen molar-refractivity contribution in [2.45, 2.75) is 51.8 Å². The number of aliphatic hydroxyl groups excluding tert-OH is 1. The summed E-state index contributed by atoms with van der Waals surface area (Å²) in [5.74, 6) is 0.676. The van der Waals surface area contributed by atoms with Gasteiger partial charge in [0.25, 0.3) is 0 Å². The van der Waals surface area contributed by atoms with Gasteiger partial charge in [-0.2, -0.15) is 0 Å². The van der Waals surface area contributed by atoms with Gasteiger partial charge in [0.05, 0.1) is 6.10 Å². The number of rotatable bonds is 4. The van der Waals surface area contributed by atoms with Crippen molar-refractivity contribution in [3.8, 4) is 0 Å². The van der Waals surface area contributed by atoms with Crippen molar-refractivity contribution >= 4 is 0 Å². The molecule has 0 bridgehead atoms. The predicted molar refractivity (Wildman–Crippen MR) is 64.0 cm³/mol. The summed E-state index contributed by atoms with van der Waals surface area (Å²) < 4.78 is 0. The first-order valence-corrected chi connectivity index (χ1v) is 6.16. The van der Waals surface area contributed by atoms with E-state index in [1.807, 2.05) is 6.92 Å². The zero-order valence-electron chi connectivity index (χ0n) is 10.5. The molecule has 3 nitrogen and oxygen atoms in total. The molecule has 1 fully saturated rings. The molecule has 1 aliphatic rings. The number of likely N-dealkylation sites (tertiary alicyclic amines) is 1. The normalized spacial score (nSPS) is 35.4. The van der Waals surface area contributed by atoms with Crippen molar-refractivity contribution in [2.24, 2.45) is 5.92 Å². The number of piperidine rings is 1. The molecule has 2 N–H and O–H groups in total. The molecule has 0 radical (unpaired) electrons. The zero-order chi connectivity index (χ0) is 11.4. The maximum atomic E-state index is 9.52. The van der Waals surface area contributed by atoms with Crippen molar-refractivity contribution in [2.75, 3.05) is 20.1 Å². The van der Waals surface area contributed by atoms with Crippen molar-refractivity contribution in [3.05, 3.63) is 0 Å². The Balaban J connectivity index is 2.34. The van der Waals surface area contributed by atoms with Crippen LogP contribution in [0.2, 0.25) is 0 Å². The molecule has 1 aliphatic heterocycles. The third-order valence-corrected chi connectivity index (χ3v) is 3.70. The Bertz CT molecular complexity index is 186. The van der Waals surface area contributed by atoms with E-state index in [1.54, 1.807) is 0 Å². The van der Waals surface area contributed by atoms with Gasteiger partial charge in [-0.1, -0.05) is 13.8 Å². The van der Waals surface area contributed by atoms with Crippen LogP contribution in [-0.4, -0.2) is 48.3 Å². The van der Waals surface area contributed by atoms with Gasteiger partial charge in [0.2, 0.25) is 0 Å². The quantitative estimate of drug-likeness (QED) is 0.735. The van der Waals surface area contributed by atoms with Gasteiger partial charge in [0, 0.05) is 25.2 Å². The van der Waals surface area contributed by atoms with E-state index < -0.39 is 0 Å². The molecule has 4 atom stereocenters. The monoisotopic (exact) mass is 214 g/mol. The van der Waals surface area contributed by atoms with Crippen LogP contribution in [0.15, 0.2) is 0 Å². The Labute approximate surface area is 93.9 Å². The highest BCUT2D eigenvalue weighted by Gasteiger charge is 2.28. The first-order valence-electron chi connectivity index (χ1n) is 6.16. The maximum Gasteiger partial charge on any atom is 0.0662 e. The van der Waals surface area contributed by atoms with Gasteiger partial charge in [-0.25, -0.2) is 0 Å². The summed E-state index contributed by atoms with van der Waals surface area (Å²) in [6.45, 7) is 8.48. The SMILES string of the molecule is CCC(O)CNC1CC(C)N(C)CC1C. The van der Waals surface area contributed by atoms with Crippen molar-refractivity contribution < 1.29 is 5.11 Å². The fourth-order valence-electron chi connectivity index (χ4n) is 2.26. The minimum absolute atomic E-state index is 0.188. The summed E-state index contributed by atoms with van der Waals surface area (Å²) in [7, 11) is 2.19. The fraction of sp³-hybridized carbons (Fsp3) is 1.00. The summed E-state index contributed by atoms with van der Waals surface area (Å²) in [4.78, 5) is 2.42. The Hall–Kier alpha value is -0.120. The molecule has 1 rings (SSSR count). The smallest absolute Gasteiger partial charge is 0.0662 e. The lowest BCUT2D eigenvalue weighted by Crippen LogP contribution is -2.52. The largest absolute Gasteiger partial charge is 0.392 e. The van der Waals surface area contributed by atoms with E-state index in [2.05, 4.69) is 31.1 Å². The molecule has 0 spiro atoms. The Morgan fingerprint density at radius 2 is 2.13 bits per heavy atom. The van der Waals surface area contributed by atoms with Gasteiger partial charge >= 0.3 is 0 Å². The second-order valence-corrected chi connectivity index (χ2v) is 5.08. The van der Waals surface area contributed by atoms with E-state index in [9.17, 15) is 5.11 Å². The van der Waals surface area contributed by atoms with E-state index in [0.717, 1.165) is 19.5 Å². The Morgan fingerprint density at radius 1 is 1.47 bits per heavy atom. The van der Waals surface area contributed by atoms with Gasteiger partial charge in [0.1, 0.15) is 0 Å². The van der Waals surface area contributed by atoms with Crippen LogP contribution in [-0.2, 0) is 0 Å². The van der Waals surface area contributed by atoms with E-state index >= 15 is 0 Å². The summed E-state index contributed by atoms with van der Waals surface area (Å²) in [5, 5.41) is 13.0. The first kappa shape index (κ1) is 12.9. The molecule has 0 aromatic carbocycles. The lowest BCUT2D eigenvalue weighted by molar-refractivity contribution is 0.104. The van der Waals surface area contributed by atoms with Crippen molar-refractivity contribution in [1.29, 1.82) is 0 Å². The molecule has 0 aromatic heterocycles. The van der Waals surface area contributed by atoms with Crippen LogP contribution in [0.4, 0.5) is 0 Å². The highest BCUT2D eigenvalue weighted by molar-refractivity contribution is 4.86. The highest BCUT2D eigenvalue weighted by Crippen LogP contribution is 2.20. The fourth-order valence-corrected chi connectivity index (χ4v) is 2.26. The van der Waals surface area contributed by atoms with Gasteiger partial charge in [-0.3, -0.25) is 0 Å². The van der Waals surface area contributed by atoms with E-state index in [1.165, 1.54) is 6.42 Å². The molecule has 0 aromatic rings. The first-order chi connectivity index (χ1) is 7.04. The summed E-state index contributed by atoms with van der Waals surface area (Å²) in [5.41, 5.74) is 0. The number of nitrogens with zero attached hydrogens (tertiary/aromatic N) is 1. The van der Waals surface area contributed by atoms with Crippen LogP contribution >= 0.6 is 0 Å². The van der Waals surface area contributed by atoms with Crippen LogP contribution in [0.5, 0.6) is 0 Å². The second kappa shape index (κ2) is 5.83. The number of nitrogens with one attached hydrogen (secondary N) is 1. The molecule has 0 amide bonds. The molecular formula is C12H26N2O. The Morgan fingerprint density at radius 3 is 2.73 bits per heavy atom. The maximum absolute atomic E-state index is 9.52. The average Bonchev–Trinajstić information content (AvgIpc) is 2.21. The zero-order valence-corrected chi connectivity index (χ0v) is 10.5. The van der Waals surface area contributed by atoms with Crippen molar-refractivity contribution in [1.82, 2.24) is 10.2 Å². The van der Waals surface area contributed by atoms with Crippen LogP contribution < -0.4 is 5.32 Å². The minimum Gasteiger partial charge on any atom is -0.392 e. The van der Waals surface area contributed by atoms with Gasteiger partial charge < -0.3 is 15.3 Å². The molecule has 1 saturated heterocycles. The topological polar surface area (TPSA) is 35.5 Å². The van der Waals surface area contributed by atoms with Gasteiger partial charge in [-0.05, 0) is 32.7 Å².